The first-order chi connectivity index (χ1) is 13.9. The number of hydrogen-bond acceptors (Lipinski definition) is 6. The van der Waals surface area contributed by atoms with E-state index in [4.69, 9.17) is 4.74 Å². The number of ether oxygens (including phenoxy) is 1. The number of nitrogens with zero attached hydrogens (tertiary/aromatic N) is 2. The number of methoxy groups -OCH3 is 1. The number of rotatable bonds is 5. The lowest BCUT2D eigenvalue weighted by molar-refractivity contribution is -0.119. The first-order valence-electron chi connectivity index (χ1n) is 8.80. The molecule has 9 heteroatoms. The van der Waals surface area contributed by atoms with Crippen LogP contribution in [0.5, 0.6) is 5.75 Å². The molecule has 3 rings (SSSR count). The lowest BCUT2D eigenvalue weighted by Crippen LogP contribution is -2.41. The quantitative estimate of drug-likeness (QED) is 0.493. The molecule has 1 atom stereocenters. The molecule has 1 aromatic heterocycles. The molecule has 8 nitrogen and oxygen atoms in total. The Morgan fingerprint density at radius 2 is 1.93 bits per heavy atom. The van der Waals surface area contributed by atoms with Crippen LogP contribution < -0.4 is 20.9 Å². The van der Waals surface area contributed by atoms with Crippen LogP contribution in [0.2, 0.25) is 0 Å². The minimum atomic E-state index is -0.669. The number of nitrogens with one attached hydrogen (secondary N) is 2. The number of benzene rings is 2. The number of imide groups is 1. The molecule has 0 saturated heterocycles. The van der Waals surface area contributed by atoms with Crippen LogP contribution in [0.25, 0.3) is 16.6 Å². The fourth-order valence-electron chi connectivity index (χ4n) is 2.66. The van der Waals surface area contributed by atoms with Crippen LogP contribution in [-0.4, -0.2) is 40.9 Å². The average molecular weight is 412 g/mol. The number of urea groups is 1. The maximum atomic E-state index is 13.2. The van der Waals surface area contributed by atoms with Crippen molar-refractivity contribution in [2.75, 3.05) is 14.2 Å². The van der Waals surface area contributed by atoms with Crippen LogP contribution >= 0.6 is 11.8 Å². The molecule has 2 aromatic carbocycles. The number of amides is 3. The van der Waals surface area contributed by atoms with Gasteiger partial charge >= 0.3 is 6.03 Å². The van der Waals surface area contributed by atoms with Gasteiger partial charge in [-0.3, -0.25) is 19.5 Å². The monoisotopic (exact) mass is 412 g/mol. The van der Waals surface area contributed by atoms with Crippen molar-refractivity contribution >= 4 is 34.6 Å². The van der Waals surface area contributed by atoms with Crippen molar-refractivity contribution in [3.05, 3.63) is 58.9 Å². The first-order valence-corrected chi connectivity index (χ1v) is 9.68. The second-order valence-electron chi connectivity index (χ2n) is 6.08. The number of carbonyl (C=O) groups excluding carboxylic acids is 2. The van der Waals surface area contributed by atoms with E-state index in [1.807, 2.05) is 0 Å². The molecule has 2 N–H and O–H groups in total. The Bertz CT molecular complexity index is 1130. The zero-order valence-electron chi connectivity index (χ0n) is 16.1. The Balaban J connectivity index is 2.11. The molecule has 29 heavy (non-hydrogen) atoms. The van der Waals surface area contributed by atoms with Crippen molar-refractivity contribution in [2.45, 2.75) is 17.3 Å². The van der Waals surface area contributed by atoms with Crippen molar-refractivity contribution in [2.24, 2.45) is 0 Å². The molecular weight excluding hydrogens is 392 g/mol. The summed E-state index contributed by atoms with van der Waals surface area (Å²) >= 11 is 1.09. The van der Waals surface area contributed by atoms with Crippen LogP contribution in [-0.2, 0) is 4.79 Å². The minimum Gasteiger partial charge on any atom is -0.497 e. The average Bonchev–Trinajstić information content (AvgIpc) is 2.73. The number of para-hydroxylation sites is 1. The molecule has 0 aliphatic rings. The summed E-state index contributed by atoms with van der Waals surface area (Å²) in [6, 6.07) is 13.4. The third-order valence-electron chi connectivity index (χ3n) is 4.17. The topological polar surface area (TPSA) is 102 Å². The van der Waals surface area contributed by atoms with Gasteiger partial charge in [-0.1, -0.05) is 30.0 Å². The van der Waals surface area contributed by atoms with Crippen molar-refractivity contribution in [3.63, 3.8) is 0 Å². The second kappa shape index (κ2) is 8.78. The van der Waals surface area contributed by atoms with E-state index in [0.29, 0.717) is 27.5 Å². The molecule has 0 aliphatic heterocycles. The predicted molar refractivity (Wildman–Crippen MR) is 112 cm³/mol. The van der Waals surface area contributed by atoms with Gasteiger partial charge < -0.3 is 10.1 Å². The van der Waals surface area contributed by atoms with Gasteiger partial charge in [0.25, 0.3) is 5.56 Å². The highest BCUT2D eigenvalue weighted by atomic mass is 32.2. The number of fused-ring (bicyclic) bond motifs is 1. The van der Waals surface area contributed by atoms with Crippen molar-refractivity contribution < 1.29 is 14.3 Å². The Labute approximate surface area is 171 Å². The summed E-state index contributed by atoms with van der Waals surface area (Å²) in [5.74, 6) is 0.0952. The standard InChI is InChI=1S/C20H20N4O4S/c1-12(17(25)23-19(27)21-2)29-20-22-16-10-5-4-9-15(16)18(26)24(20)13-7-6-8-14(11-13)28-3/h4-12H,1-3H3,(H2,21,23,25,27)/t12-/m1/s1. The van der Waals surface area contributed by atoms with E-state index in [0.717, 1.165) is 11.8 Å². The Morgan fingerprint density at radius 3 is 2.66 bits per heavy atom. The van der Waals surface area contributed by atoms with E-state index in [1.54, 1.807) is 62.6 Å². The number of carbonyl (C=O) groups is 2. The number of hydrogen-bond donors (Lipinski definition) is 2. The van der Waals surface area contributed by atoms with Crippen molar-refractivity contribution in [1.29, 1.82) is 0 Å². The highest BCUT2D eigenvalue weighted by molar-refractivity contribution is 8.00. The van der Waals surface area contributed by atoms with Gasteiger partial charge in [0.1, 0.15) is 5.75 Å². The molecular formula is C20H20N4O4S. The van der Waals surface area contributed by atoms with Gasteiger partial charge in [0.05, 0.1) is 29.0 Å². The SMILES string of the molecule is CNC(=O)NC(=O)[C@@H](C)Sc1nc2ccccc2c(=O)n1-c1cccc(OC)c1. The molecule has 0 aliphatic carbocycles. The Hall–Kier alpha value is -3.33. The van der Waals surface area contributed by atoms with Crippen molar-refractivity contribution in [3.8, 4) is 11.4 Å². The molecule has 0 spiro atoms. The molecule has 3 aromatic rings. The molecule has 1 heterocycles. The van der Waals surface area contributed by atoms with Crippen LogP contribution in [0.3, 0.4) is 0 Å². The summed E-state index contributed by atoms with van der Waals surface area (Å²) in [5.41, 5.74) is 0.831. The number of aromatic nitrogens is 2. The second-order valence-corrected chi connectivity index (χ2v) is 7.39. The van der Waals surface area contributed by atoms with Gasteiger partial charge in [0.15, 0.2) is 5.16 Å². The molecule has 0 bridgehead atoms. The number of thioether (sulfide) groups is 1. The summed E-state index contributed by atoms with van der Waals surface area (Å²) in [6.45, 7) is 1.64. The maximum Gasteiger partial charge on any atom is 0.321 e. The summed E-state index contributed by atoms with van der Waals surface area (Å²) in [6.07, 6.45) is 0. The van der Waals surface area contributed by atoms with E-state index < -0.39 is 17.2 Å². The van der Waals surface area contributed by atoms with E-state index >= 15 is 0 Å². The molecule has 0 unspecified atom stereocenters. The van der Waals surface area contributed by atoms with Gasteiger partial charge in [0, 0.05) is 13.1 Å². The van der Waals surface area contributed by atoms with Gasteiger partial charge in [-0.25, -0.2) is 9.78 Å². The van der Waals surface area contributed by atoms with Gasteiger partial charge in [-0.05, 0) is 31.2 Å². The highest BCUT2D eigenvalue weighted by Gasteiger charge is 2.21. The highest BCUT2D eigenvalue weighted by Crippen LogP contribution is 2.26. The maximum absolute atomic E-state index is 13.2. The van der Waals surface area contributed by atoms with E-state index in [2.05, 4.69) is 15.6 Å². The fourth-order valence-corrected chi connectivity index (χ4v) is 3.58. The smallest absolute Gasteiger partial charge is 0.321 e. The van der Waals surface area contributed by atoms with E-state index in [-0.39, 0.29) is 5.56 Å². The molecule has 3 amide bonds. The minimum absolute atomic E-state index is 0.259. The summed E-state index contributed by atoms with van der Waals surface area (Å²) in [4.78, 5) is 41.5. The Morgan fingerprint density at radius 1 is 1.17 bits per heavy atom. The zero-order valence-corrected chi connectivity index (χ0v) is 16.9. The lowest BCUT2D eigenvalue weighted by atomic mass is 10.2. The van der Waals surface area contributed by atoms with Gasteiger partial charge in [-0.2, -0.15) is 0 Å². The third kappa shape index (κ3) is 4.40. The summed E-state index contributed by atoms with van der Waals surface area (Å²) in [5, 5.41) is 4.69. The van der Waals surface area contributed by atoms with Crippen LogP contribution in [0.4, 0.5) is 4.79 Å². The molecule has 0 saturated carbocycles. The lowest BCUT2D eigenvalue weighted by Gasteiger charge is -2.16. The molecule has 0 radical (unpaired) electrons. The normalized spacial score (nSPS) is 11.7. The fraction of sp³-hybridized carbons (Fsp3) is 0.200. The van der Waals surface area contributed by atoms with Crippen molar-refractivity contribution in [1.82, 2.24) is 20.2 Å². The predicted octanol–water partition coefficient (Wildman–Crippen LogP) is 2.33. The molecule has 150 valence electrons. The van der Waals surface area contributed by atoms with Crippen LogP contribution in [0.1, 0.15) is 6.92 Å². The molecule has 0 fully saturated rings. The van der Waals surface area contributed by atoms with E-state index in [9.17, 15) is 14.4 Å². The van der Waals surface area contributed by atoms with E-state index in [1.165, 1.54) is 11.6 Å². The first kappa shape index (κ1) is 20.4. The summed E-state index contributed by atoms with van der Waals surface area (Å²) in [7, 11) is 2.97. The van der Waals surface area contributed by atoms with Crippen LogP contribution in [0, 0.1) is 0 Å². The third-order valence-corrected chi connectivity index (χ3v) is 5.22. The summed E-state index contributed by atoms with van der Waals surface area (Å²) < 4.78 is 6.71. The zero-order chi connectivity index (χ0) is 21.0. The van der Waals surface area contributed by atoms with Gasteiger partial charge in [0.2, 0.25) is 5.91 Å². The Kier molecular flexibility index (Phi) is 6.18. The van der Waals surface area contributed by atoms with Crippen LogP contribution in [0.15, 0.2) is 58.5 Å². The van der Waals surface area contributed by atoms with Gasteiger partial charge in [-0.15, -0.1) is 0 Å². The largest absolute Gasteiger partial charge is 0.497 e.